The lowest BCUT2D eigenvalue weighted by Gasteiger charge is -2.13. The van der Waals surface area contributed by atoms with Crippen molar-refractivity contribution in [2.45, 2.75) is 13.0 Å². The van der Waals surface area contributed by atoms with Crippen LogP contribution in [-0.4, -0.2) is 18.0 Å². The number of nitrogens with one attached hydrogen (secondary N) is 1. The summed E-state index contributed by atoms with van der Waals surface area (Å²) in [5.74, 6) is -0.950. The van der Waals surface area contributed by atoms with E-state index in [0.29, 0.717) is 14.9 Å². The van der Waals surface area contributed by atoms with E-state index in [1.807, 2.05) is 42.5 Å². The Balaban J connectivity index is 1.65. The van der Waals surface area contributed by atoms with Crippen molar-refractivity contribution in [3.8, 4) is 0 Å². The molecule has 1 aromatic heterocycles. The molecular formula is C18H14ClNO3S. The van der Waals surface area contributed by atoms with Crippen LogP contribution in [0.3, 0.4) is 0 Å². The largest absolute Gasteiger partial charge is 0.448 e. The number of carbonyl (C=O) groups is 2. The molecule has 3 aromatic rings. The fourth-order valence-corrected chi connectivity index (χ4v) is 3.13. The predicted molar refractivity (Wildman–Crippen MR) is 96.8 cm³/mol. The summed E-state index contributed by atoms with van der Waals surface area (Å²) in [6, 6.07) is 16.7. The molecule has 0 bridgehead atoms. The van der Waals surface area contributed by atoms with E-state index in [-0.39, 0.29) is 5.91 Å². The van der Waals surface area contributed by atoms with Gasteiger partial charge in [0, 0.05) is 5.69 Å². The molecule has 2 aromatic carbocycles. The number of amides is 1. The minimum atomic E-state index is -0.912. The fourth-order valence-electron chi connectivity index (χ4n) is 2.21. The van der Waals surface area contributed by atoms with E-state index in [2.05, 4.69) is 5.32 Å². The highest BCUT2D eigenvalue weighted by Gasteiger charge is 2.20. The normalized spacial score (nSPS) is 11.9. The molecule has 0 fully saturated rings. The van der Waals surface area contributed by atoms with Gasteiger partial charge in [0.25, 0.3) is 5.91 Å². The lowest BCUT2D eigenvalue weighted by molar-refractivity contribution is -0.123. The Morgan fingerprint density at radius 1 is 1.08 bits per heavy atom. The lowest BCUT2D eigenvalue weighted by atomic mass is 10.1. The smallest absolute Gasteiger partial charge is 0.349 e. The average molecular weight is 360 g/mol. The van der Waals surface area contributed by atoms with Gasteiger partial charge < -0.3 is 10.1 Å². The van der Waals surface area contributed by atoms with Crippen molar-refractivity contribution >= 4 is 51.3 Å². The molecule has 122 valence electrons. The summed E-state index contributed by atoms with van der Waals surface area (Å²) in [5, 5.41) is 4.87. The zero-order valence-corrected chi connectivity index (χ0v) is 14.4. The van der Waals surface area contributed by atoms with Crippen LogP contribution in [0.15, 0.2) is 54.6 Å². The van der Waals surface area contributed by atoms with Gasteiger partial charge in [0.15, 0.2) is 6.10 Å². The van der Waals surface area contributed by atoms with Gasteiger partial charge in [-0.15, -0.1) is 11.3 Å². The Hall–Kier alpha value is -2.37. The molecule has 1 unspecified atom stereocenters. The predicted octanol–water partition coefficient (Wildman–Crippen LogP) is 4.74. The van der Waals surface area contributed by atoms with Crippen molar-refractivity contribution in [3.63, 3.8) is 0 Å². The Morgan fingerprint density at radius 2 is 1.83 bits per heavy atom. The molecule has 1 amide bonds. The third kappa shape index (κ3) is 3.75. The van der Waals surface area contributed by atoms with E-state index in [0.717, 1.165) is 22.1 Å². The standard InChI is InChI=1S/C18H14ClNO3S/c1-11(23-18(22)15-8-9-16(19)24-15)17(21)20-14-7-6-12-4-2-3-5-13(12)10-14/h2-11H,1H3,(H,20,21). The molecule has 0 saturated heterocycles. The first kappa shape index (κ1) is 16.5. The third-order valence-electron chi connectivity index (χ3n) is 3.44. The Bertz CT molecular complexity index is 906. The van der Waals surface area contributed by atoms with Gasteiger partial charge in [0.1, 0.15) is 4.88 Å². The SMILES string of the molecule is CC(OC(=O)c1ccc(Cl)s1)C(=O)Nc1ccc2ccccc2c1. The number of benzene rings is 2. The summed E-state index contributed by atoms with van der Waals surface area (Å²) < 4.78 is 5.67. The minimum absolute atomic E-state index is 0.366. The van der Waals surface area contributed by atoms with Crippen molar-refractivity contribution in [3.05, 3.63) is 63.8 Å². The maximum Gasteiger partial charge on any atom is 0.349 e. The fraction of sp³-hybridized carbons (Fsp3) is 0.111. The van der Waals surface area contributed by atoms with E-state index in [1.54, 1.807) is 12.1 Å². The van der Waals surface area contributed by atoms with Gasteiger partial charge >= 0.3 is 5.97 Å². The molecule has 1 N–H and O–H groups in total. The summed E-state index contributed by atoms with van der Waals surface area (Å²) in [4.78, 5) is 24.5. The Morgan fingerprint density at radius 3 is 2.54 bits per heavy atom. The van der Waals surface area contributed by atoms with Gasteiger partial charge in [0.05, 0.1) is 4.34 Å². The molecule has 0 spiro atoms. The number of carbonyl (C=O) groups excluding carboxylic acids is 2. The first-order valence-corrected chi connectivity index (χ1v) is 8.48. The average Bonchev–Trinajstić information content (AvgIpc) is 3.01. The number of esters is 1. The van der Waals surface area contributed by atoms with Crippen LogP contribution in [-0.2, 0) is 9.53 Å². The van der Waals surface area contributed by atoms with E-state index < -0.39 is 12.1 Å². The number of rotatable bonds is 4. The molecule has 0 aliphatic rings. The molecular weight excluding hydrogens is 346 g/mol. The van der Waals surface area contributed by atoms with Gasteiger partial charge in [-0.1, -0.05) is 41.9 Å². The number of fused-ring (bicyclic) bond motifs is 1. The lowest BCUT2D eigenvalue weighted by Crippen LogP contribution is -2.29. The van der Waals surface area contributed by atoms with Gasteiger partial charge in [0.2, 0.25) is 0 Å². The van der Waals surface area contributed by atoms with E-state index in [4.69, 9.17) is 16.3 Å². The number of ether oxygens (including phenoxy) is 1. The Kier molecular flexibility index (Phi) is 4.83. The maximum absolute atomic E-state index is 12.2. The minimum Gasteiger partial charge on any atom is -0.448 e. The third-order valence-corrected chi connectivity index (χ3v) is 4.66. The maximum atomic E-state index is 12.2. The van der Waals surface area contributed by atoms with Crippen LogP contribution in [0.2, 0.25) is 4.34 Å². The first-order valence-electron chi connectivity index (χ1n) is 7.29. The molecule has 6 heteroatoms. The molecule has 1 atom stereocenters. The number of anilines is 1. The van der Waals surface area contributed by atoms with Crippen LogP contribution in [0.25, 0.3) is 10.8 Å². The zero-order chi connectivity index (χ0) is 17.1. The number of hydrogen-bond donors (Lipinski definition) is 1. The van der Waals surface area contributed by atoms with Gasteiger partial charge in [-0.3, -0.25) is 4.79 Å². The summed E-state index contributed by atoms with van der Waals surface area (Å²) in [6.07, 6.45) is -0.912. The molecule has 0 aliphatic heterocycles. The van der Waals surface area contributed by atoms with Gasteiger partial charge in [-0.25, -0.2) is 4.79 Å². The van der Waals surface area contributed by atoms with E-state index >= 15 is 0 Å². The second kappa shape index (κ2) is 7.03. The van der Waals surface area contributed by atoms with E-state index in [1.165, 1.54) is 6.92 Å². The second-order valence-electron chi connectivity index (χ2n) is 5.20. The summed E-state index contributed by atoms with van der Waals surface area (Å²) >= 11 is 6.90. The number of halogens is 1. The summed E-state index contributed by atoms with van der Waals surface area (Å²) in [5.41, 5.74) is 0.653. The topological polar surface area (TPSA) is 55.4 Å². The van der Waals surface area contributed by atoms with Crippen LogP contribution in [0.5, 0.6) is 0 Å². The molecule has 0 aliphatic carbocycles. The highest BCUT2D eigenvalue weighted by atomic mass is 35.5. The van der Waals surface area contributed by atoms with Crippen molar-refractivity contribution in [1.82, 2.24) is 0 Å². The zero-order valence-electron chi connectivity index (χ0n) is 12.8. The van der Waals surface area contributed by atoms with Crippen LogP contribution >= 0.6 is 22.9 Å². The number of hydrogen-bond acceptors (Lipinski definition) is 4. The molecule has 0 saturated carbocycles. The van der Waals surface area contributed by atoms with E-state index in [9.17, 15) is 9.59 Å². The molecule has 4 nitrogen and oxygen atoms in total. The molecule has 1 heterocycles. The van der Waals surface area contributed by atoms with Crippen molar-refractivity contribution in [1.29, 1.82) is 0 Å². The van der Waals surface area contributed by atoms with Crippen LogP contribution in [0.1, 0.15) is 16.6 Å². The molecule has 3 rings (SSSR count). The quantitative estimate of drug-likeness (QED) is 0.684. The summed E-state index contributed by atoms with van der Waals surface area (Å²) in [6.45, 7) is 1.53. The van der Waals surface area contributed by atoms with Crippen molar-refractivity contribution in [2.24, 2.45) is 0 Å². The molecule has 0 radical (unpaired) electrons. The van der Waals surface area contributed by atoms with Crippen molar-refractivity contribution < 1.29 is 14.3 Å². The highest BCUT2D eigenvalue weighted by Crippen LogP contribution is 2.23. The Labute approximate surface area is 148 Å². The van der Waals surface area contributed by atoms with Crippen molar-refractivity contribution in [2.75, 3.05) is 5.32 Å². The van der Waals surface area contributed by atoms with Crippen LogP contribution in [0.4, 0.5) is 5.69 Å². The molecule has 24 heavy (non-hydrogen) atoms. The highest BCUT2D eigenvalue weighted by molar-refractivity contribution is 7.17. The monoisotopic (exact) mass is 359 g/mol. The second-order valence-corrected chi connectivity index (χ2v) is 6.92. The number of thiophene rings is 1. The summed E-state index contributed by atoms with van der Waals surface area (Å²) in [7, 11) is 0. The van der Waals surface area contributed by atoms with Gasteiger partial charge in [-0.05, 0) is 42.0 Å². The van der Waals surface area contributed by atoms with Crippen LogP contribution < -0.4 is 5.32 Å². The van der Waals surface area contributed by atoms with Crippen LogP contribution in [0, 0.1) is 0 Å². The first-order chi connectivity index (χ1) is 11.5. The van der Waals surface area contributed by atoms with Gasteiger partial charge in [-0.2, -0.15) is 0 Å².